The number of aliphatic hydroxyl groups is 1. The lowest BCUT2D eigenvalue weighted by Crippen LogP contribution is -2.47. The van der Waals surface area contributed by atoms with Gasteiger partial charge in [-0.1, -0.05) is 42.7 Å². The first kappa shape index (κ1) is 16.8. The molecule has 1 aliphatic heterocycles. The fourth-order valence-electron chi connectivity index (χ4n) is 3.92. The summed E-state index contributed by atoms with van der Waals surface area (Å²) in [6.45, 7) is 5.25. The average molecular weight is 310 g/mol. The van der Waals surface area contributed by atoms with Crippen molar-refractivity contribution < 1.29 is 5.11 Å². The minimum Gasteiger partial charge on any atom is -0.390 e. The van der Waals surface area contributed by atoms with Crippen LogP contribution in [-0.4, -0.2) is 28.7 Å². The zero-order valence-corrected chi connectivity index (χ0v) is 13.9. The van der Waals surface area contributed by atoms with Gasteiger partial charge in [0.2, 0.25) is 0 Å². The molecule has 0 amide bonds. The molecule has 2 fully saturated rings. The van der Waals surface area contributed by atoms with E-state index in [2.05, 4.69) is 36.1 Å². The molecule has 0 aromatic heterocycles. The lowest BCUT2D eigenvalue weighted by atomic mass is 9.78. The van der Waals surface area contributed by atoms with Crippen molar-refractivity contribution in [2.45, 2.75) is 57.6 Å². The van der Waals surface area contributed by atoms with Crippen molar-refractivity contribution in [3.63, 3.8) is 0 Å². The maximum atomic E-state index is 10.9. The Hall–Kier alpha value is -0.570. The Morgan fingerprint density at radius 1 is 1.10 bits per heavy atom. The normalized spacial score (nSPS) is 23.0. The van der Waals surface area contributed by atoms with Gasteiger partial charge < -0.3 is 5.11 Å². The number of hydrogen-bond donors (Lipinski definition) is 1. The molecule has 1 aromatic rings. The van der Waals surface area contributed by atoms with E-state index in [9.17, 15) is 5.11 Å². The van der Waals surface area contributed by atoms with Crippen LogP contribution in [0.3, 0.4) is 0 Å². The first-order valence-corrected chi connectivity index (χ1v) is 8.16. The average Bonchev–Trinajstić information content (AvgIpc) is 2.99. The molecular formula is C18H28ClNO. The lowest BCUT2D eigenvalue weighted by Gasteiger charge is -2.42. The molecule has 1 heterocycles. The molecular weight excluding hydrogens is 282 g/mol. The number of benzene rings is 1. The van der Waals surface area contributed by atoms with Crippen molar-refractivity contribution in [2.24, 2.45) is 5.92 Å². The van der Waals surface area contributed by atoms with Crippen LogP contribution in [0.25, 0.3) is 0 Å². The molecule has 2 nitrogen and oxygen atoms in total. The summed E-state index contributed by atoms with van der Waals surface area (Å²) < 4.78 is 0. The SMILES string of the molecule is Cc1ccc(CN2CCC(O)(C3CCCC3)CC2)cc1.Cl. The molecule has 0 atom stereocenters. The summed E-state index contributed by atoms with van der Waals surface area (Å²) in [5, 5.41) is 10.9. The first-order valence-electron chi connectivity index (χ1n) is 8.16. The topological polar surface area (TPSA) is 23.5 Å². The van der Waals surface area contributed by atoms with E-state index >= 15 is 0 Å². The third-order valence-electron chi connectivity index (χ3n) is 5.36. The Balaban J connectivity index is 0.00000161. The molecule has 2 aliphatic rings. The van der Waals surface area contributed by atoms with Crippen LogP contribution in [0.2, 0.25) is 0 Å². The minimum atomic E-state index is -0.361. The maximum Gasteiger partial charge on any atom is 0.0700 e. The van der Waals surface area contributed by atoms with Crippen LogP contribution in [0, 0.1) is 12.8 Å². The van der Waals surface area contributed by atoms with Crippen LogP contribution in [-0.2, 0) is 6.54 Å². The van der Waals surface area contributed by atoms with Crippen molar-refractivity contribution >= 4 is 12.4 Å². The summed E-state index contributed by atoms with van der Waals surface area (Å²) in [7, 11) is 0. The highest BCUT2D eigenvalue weighted by atomic mass is 35.5. The smallest absolute Gasteiger partial charge is 0.0700 e. The highest BCUT2D eigenvalue weighted by molar-refractivity contribution is 5.85. The van der Waals surface area contributed by atoms with Gasteiger partial charge in [-0.05, 0) is 44.1 Å². The van der Waals surface area contributed by atoms with Gasteiger partial charge in [0.25, 0.3) is 0 Å². The molecule has 0 bridgehead atoms. The predicted octanol–water partition coefficient (Wildman–Crippen LogP) is 3.93. The number of hydrogen-bond acceptors (Lipinski definition) is 2. The van der Waals surface area contributed by atoms with Crippen LogP contribution >= 0.6 is 12.4 Å². The van der Waals surface area contributed by atoms with Crippen LogP contribution in [0.15, 0.2) is 24.3 Å². The van der Waals surface area contributed by atoms with Gasteiger partial charge in [-0.15, -0.1) is 12.4 Å². The van der Waals surface area contributed by atoms with Crippen molar-refractivity contribution in [3.05, 3.63) is 35.4 Å². The highest BCUT2D eigenvalue weighted by Crippen LogP contribution is 2.40. The molecule has 3 heteroatoms. The van der Waals surface area contributed by atoms with Crippen LogP contribution in [0.1, 0.15) is 49.7 Å². The molecule has 1 saturated heterocycles. The summed E-state index contributed by atoms with van der Waals surface area (Å²) >= 11 is 0. The predicted molar refractivity (Wildman–Crippen MR) is 89.8 cm³/mol. The standard InChI is InChI=1S/C18H27NO.ClH/c1-15-6-8-16(9-7-15)14-19-12-10-18(20,11-13-19)17-4-2-3-5-17;/h6-9,17,20H,2-5,10-14H2,1H3;1H. The van der Waals surface area contributed by atoms with Crippen molar-refractivity contribution in [1.29, 1.82) is 0 Å². The molecule has 118 valence electrons. The summed E-state index contributed by atoms with van der Waals surface area (Å²) in [5.74, 6) is 0.573. The van der Waals surface area contributed by atoms with Crippen molar-refractivity contribution in [2.75, 3.05) is 13.1 Å². The van der Waals surface area contributed by atoms with E-state index in [1.54, 1.807) is 0 Å². The van der Waals surface area contributed by atoms with Gasteiger partial charge in [-0.25, -0.2) is 0 Å². The second-order valence-electron chi connectivity index (χ2n) is 6.85. The molecule has 1 N–H and O–H groups in total. The Labute approximate surface area is 135 Å². The van der Waals surface area contributed by atoms with Crippen LogP contribution in [0.5, 0.6) is 0 Å². The van der Waals surface area contributed by atoms with Crippen molar-refractivity contribution in [1.82, 2.24) is 4.90 Å². The molecule has 1 aromatic carbocycles. The summed E-state index contributed by atoms with van der Waals surface area (Å²) in [6.07, 6.45) is 7.05. The Kier molecular flexibility index (Phi) is 5.70. The van der Waals surface area contributed by atoms with Gasteiger partial charge in [0, 0.05) is 19.6 Å². The number of halogens is 1. The number of likely N-dealkylation sites (tertiary alicyclic amines) is 1. The Morgan fingerprint density at radius 3 is 2.24 bits per heavy atom. The summed E-state index contributed by atoms with van der Waals surface area (Å²) in [6, 6.07) is 8.84. The first-order chi connectivity index (χ1) is 9.66. The van der Waals surface area contributed by atoms with Gasteiger partial charge in [0.05, 0.1) is 5.60 Å². The lowest BCUT2D eigenvalue weighted by molar-refractivity contribution is -0.0665. The van der Waals surface area contributed by atoms with Gasteiger partial charge in [0.15, 0.2) is 0 Å². The molecule has 3 rings (SSSR count). The van der Waals surface area contributed by atoms with E-state index in [4.69, 9.17) is 0 Å². The molecule has 0 unspecified atom stereocenters. The number of piperidine rings is 1. The Morgan fingerprint density at radius 2 is 1.67 bits per heavy atom. The minimum absolute atomic E-state index is 0. The summed E-state index contributed by atoms with van der Waals surface area (Å²) in [4.78, 5) is 2.49. The van der Waals surface area contributed by atoms with Crippen LogP contribution < -0.4 is 0 Å². The van der Waals surface area contributed by atoms with E-state index < -0.39 is 0 Å². The molecule has 21 heavy (non-hydrogen) atoms. The number of rotatable bonds is 3. The molecule has 1 saturated carbocycles. The van der Waals surface area contributed by atoms with E-state index in [0.717, 1.165) is 32.5 Å². The largest absolute Gasteiger partial charge is 0.390 e. The van der Waals surface area contributed by atoms with Crippen molar-refractivity contribution in [3.8, 4) is 0 Å². The van der Waals surface area contributed by atoms with E-state index in [-0.39, 0.29) is 18.0 Å². The van der Waals surface area contributed by atoms with Crippen LogP contribution in [0.4, 0.5) is 0 Å². The van der Waals surface area contributed by atoms with Gasteiger partial charge in [-0.3, -0.25) is 4.90 Å². The Bertz CT molecular complexity index is 431. The highest BCUT2D eigenvalue weighted by Gasteiger charge is 2.40. The molecule has 0 radical (unpaired) electrons. The quantitative estimate of drug-likeness (QED) is 0.914. The van der Waals surface area contributed by atoms with E-state index in [1.807, 2.05) is 0 Å². The second-order valence-corrected chi connectivity index (χ2v) is 6.85. The molecule has 0 spiro atoms. The zero-order chi connectivity index (χ0) is 14.0. The van der Waals surface area contributed by atoms with Gasteiger partial charge in [0.1, 0.15) is 0 Å². The van der Waals surface area contributed by atoms with E-state index in [0.29, 0.717) is 5.92 Å². The second kappa shape index (κ2) is 7.13. The maximum absolute atomic E-state index is 10.9. The third-order valence-corrected chi connectivity index (χ3v) is 5.36. The fourth-order valence-corrected chi connectivity index (χ4v) is 3.92. The number of aryl methyl sites for hydroxylation is 1. The number of nitrogens with zero attached hydrogens (tertiary/aromatic N) is 1. The third kappa shape index (κ3) is 4.00. The van der Waals surface area contributed by atoms with Gasteiger partial charge in [-0.2, -0.15) is 0 Å². The fraction of sp³-hybridized carbons (Fsp3) is 0.667. The summed E-state index contributed by atoms with van der Waals surface area (Å²) in [5.41, 5.74) is 2.35. The van der Waals surface area contributed by atoms with E-state index in [1.165, 1.54) is 36.8 Å². The zero-order valence-electron chi connectivity index (χ0n) is 13.1. The molecule has 1 aliphatic carbocycles. The monoisotopic (exact) mass is 309 g/mol. The van der Waals surface area contributed by atoms with Gasteiger partial charge >= 0.3 is 0 Å².